The van der Waals surface area contributed by atoms with E-state index in [9.17, 15) is 9.59 Å². The number of amides is 2. The Kier molecular flexibility index (Phi) is 6.17. The third-order valence-corrected chi connectivity index (χ3v) is 5.57. The van der Waals surface area contributed by atoms with Gasteiger partial charge in [-0.15, -0.1) is 0 Å². The third kappa shape index (κ3) is 4.46. The van der Waals surface area contributed by atoms with E-state index in [0.717, 1.165) is 24.3 Å². The first-order valence-corrected chi connectivity index (χ1v) is 10.1. The molecule has 7 nitrogen and oxygen atoms in total. The molecule has 152 valence electrons. The maximum absolute atomic E-state index is 13.0. The summed E-state index contributed by atoms with van der Waals surface area (Å²) in [6.07, 6.45) is 4.53. The highest BCUT2D eigenvalue weighted by molar-refractivity contribution is 6.03. The van der Waals surface area contributed by atoms with Gasteiger partial charge in [-0.1, -0.05) is 24.3 Å². The van der Waals surface area contributed by atoms with Crippen molar-refractivity contribution >= 4 is 17.5 Å². The van der Waals surface area contributed by atoms with Gasteiger partial charge < -0.3 is 10.1 Å². The molecule has 0 saturated carbocycles. The van der Waals surface area contributed by atoms with E-state index in [1.807, 2.05) is 48.7 Å². The minimum Gasteiger partial charge on any atom is -0.379 e. The minimum atomic E-state index is -0.468. The topological polar surface area (TPSA) is 74.8 Å². The largest absolute Gasteiger partial charge is 0.379 e. The molecule has 2 amide bonds. The average molecular weight is 394 g/mol. The highest BCUT2D eigenvalue weighted by Crippen LogP contribution is 2.27. The first-order chi connectivity index (χ1) is 14.2. The summed E-state index contributed by atoms with van der Waals surface area (Å²) in [5.41, 5.74) is 1.84. The molecule has 4 rings (SSSR count). The molecule has 1 N–H and O–H groups in total. The molecule has 29 heavy (non-hydrogen) atoms. The lowest BCUT2D eigenvalue weighted by Crippen LogP contribution is -2.48. The monoisotopic (exact) mass is 394 g/mol. The smallest absolute Gasteiger partial charge is 0.243 e. The van der Waals surface area contributed by atoms with Gasteiger partial charge in [0, 0.05) is 44.1 Å². The van der Waals surface area contributed by atoms with Crippen molar-refractivity contribution in [1.82, 2.24) is 15.2 Å². The maximum Gasteiger partial charge on any atom is 0.243 e. The molecule has 0 radical (unpaired) electrons. The molecule has 7 heteroatoms. The Hall–Kier alpha value is -2.77. The number of para-hydroxylation sites is 1. The van der Waals surface area contributed by atoms with E-state index >= 15 is 0 Å². The van der Waals surface area contributed by atoms with Gasteiger partial charge in [0.25, 0.3) is 0 Å². The van der Waals surface area contributed by atoms with Crippen molar-refractivity contribution in [3.63, 3.8) is 0 Å². The maximum atomic E-state index is 13.0. The summed E-state index contributed by atoms with van der Waals surface area (Å²) in [5.74, 6) is -0.116. The van der Waals surface area contributed by atoms with E-state index in [-0.39, 0.29) is 17.9 Å². The van der Waals surface area contributed by atoms with Gasteiger partial charge in [-0.2, -0.15) is 0 Å². The summed E-state index contributed by atoms with van der Waals surface area (Å²) < 4.78 is 5.48. The van der Waals surface area contributed by atoms with Crippen LogP contribution in [0.2, 0.25) is 0 Å². The Morgan fingerprint density at radius 3 is 2.69 bits per heavy atom. The molecular weight excluding hydrogens is 368 g/mol. The molecular formula is C22H26N4O3. The van der Waals surface area contributed by atoms with Crippen molar-refractivity contribution in [2.45, 2.75) is 24.9 Å². The number of carbonyl (C=O) groups is 2. The minimum absolute atomic E-state index is 0.00617. The Morgan fingerprint density at radius 1 is 1.17 bits per heavy atom. The average Bonchev–Trinajstić information content (AvgIpc) is 3.17. The van der Waals surface area contributed by atoms with Crippen LogP contribution in [-0.4, -0.2) is 60.6 Å². The molecule has 2 aliphatic rings. The van der Waals surface area contributed by atoms with Crippen molar-refractivity contribution in [2.24, 2.45) is 0 Å². The van der Waals surface area contributed by atoms with Crippen molar-refractivity contribution < 1.29 is 14.3 Å². The van der Waals surface area contributed by atoms with E-state index in [1.54, 1.807) is 11.1 Å². The lowest BCUT2D eigenvalue weighted by Gasteiger charge is -2.35. The zero-order valence-electron chi connectivity index (χ0n) is 16.4. The second kappa shape index (κ2) is 9.15. The standard InChI is InChI=1S/C22H26N4O3/c27-21-9-8-19(26(21)18-6-2-1-3-7-18)22(28)24-16-20(17-5-4-10-23-15-17)25-11-13-29-14-12-25/h1-7,10,15,19-20H,8-9,11-14,16H2,(H,24,28). The van der Waals surface area contributed by atoms with Crippen molar-refractivity contribution in [1.29, 1.82) is 0 Å². The summed E-state index contributed by atoms with van der Waals surface area (Å²) in [6, 6.07) is 12.9. The van der Waals surface area contributed by atoms with Crippen LogP contribution in [0.25, 0.3) is 0 Å². The molecule has 1 aromatic heterocycles. The fourth-order valence-electron chi connectivity index (χ4n) is 4.08. The molecule has 2 unspecified atom stereocenters. The molecule has 3 heterocycles. The van der Waals surface area contributed by atoms with E-state index in [2.05, 4.69) is 15.2 Å². The van der Waals surface area contributed by atoms with Crippen LogP contribution in [0.1, 0.15) is 24.4 Å². The lowest BCUT2D eigenvalue weighted by molar-refractivity contribution is -0.124. The second-order valence-electron chi connectivity index (χ2n) is 7.35. The number of rotatable bonds is 6. The number of benzene rings is 1. The number of anilines is 1. The van der Waals surface area contributed by atoms with Crippen molar-refractivity contribution in [3.8, 4) is 0 Å². The summed E-state index contributed by atoms with van der Waals surface area (Å²) in [5, 5.41) is 3.10. The van der Waals surface area contributed by atoms with Gasteiger partial charge in [0.05, 0.1) is 19.3 Å². The predicted octanol–water partition coefficient (Wildman–Crippen LogP) is 1.77. The van der Waals surface area contributed by atoms with E-state index in [4.69, 9.17) is 4.74 Å². The van der Waals surface area contributed by atoms with Crippen LogP contribution < -0.4 is 10.2 Å². The highest BCUT2D eigenvalue weighted by Gasteiger charge is 2.37. The van der Waals surface area contributed by atoms with E-state index < -0.39 is 6.04 Å². The zero-order valence-corrected chi connectivity index (χ0v) is 16.4. The van der Waals surface area contributed by atoms with Crippen LogP contribution in [0.4, 0.5) is 5.69 Å². The van der Waals surface area contributed by atoms with Crippen LogP contribution in [0.5, 0.6) is 0 Å². The van der Waals surface area contributed by atoms with Crippen LogP contribution in [-0.2, 0) is 14.3 Å². The lowest BCUT2D eigenvalue weighted by atomic mass is 10.1. The Labute approximate surface area is 170 Å². The molecule has 2 fully saturated rings. The number of pyridine rings is 1. The molecule has 2 saturated heterocycles. The van der Waals surface area contributed by atoms with Gasteiger partial charge >= 0.3 is 0 Å². The van der Waals surface area contributed by atoms with Gasteiger partial charge in [-0.25, -0.2) is 0 Å². The van der Waals surface area contributed by atoms with Crippen LogP contribution in [0.3, 0.4) is 0 Å². The van der Waals surface area contributed by atoms with Gasteiger partial charge in [0.1, 0.15) is 6.04 Å². The van der Waals surface area contributed by atoms with Crippen molar-refractivity contribution in [3.05, 3.63) is 60.4 Å². The van der Waals surface area contributed by atoms with Crippen LogP contribution >= 0.6 is 0 Å². The fraction of sp³-hybridized carbons (Fsp3) is 0.409. The second-order valence-corrected chi connectivity index (χ2v) is 7.35. The van der Waals surface area contributed by atoms with E-state index in [1.165, 1.54) is 0 Å². The number of hydrogen-bond acceptors (Lipinski definition) is 5. The highest BCUT2D eigenvalue weighted by atomic mass is 16.5. The van der Waals surface area contributed by atoms with Gasteiger partial charge in [0.2, 0.25) is 11.8 Å². The first kappa shape index (κ1) is 19.5. The Morgan fingerprint density at radius 2 is 1.97 bits per heavy atom. The molecule has 2 atom stereocenters. The first-order valence-electron chi connectivity index (χ1n) is 10.1. The zero-order chi connectivity index (χ0) is 20.1. The molecule has 2 aromatic rings. The molecule has 0 bridgehead atoms. The number of nitrogens with zero attached hydrogens (tertiary/aromatic N) is 3. The van der Waals surface area contributed by atoms with Gasteiger partial charge in [-0.05, 0) is 30.2 Å². The Bertz CT molecular complexity index is 824. The van der Waals surface area contributed by atoms with Gasteiger partial charge in [0.15, 0.2) is 0 Å². The SMILES string of the molecule is O=C(NCC(c1cccnc1)N1CCOCC1)C1CCC(=O)N1c1ccccc1. The number of nitrogens with one attached hydrogen (secondary N) is 1. The quantitative estimate of drug-likeness (QED) is 0.808. The van der Waals surface area contributed by atoms with Crippen molar-refractivity contribution in [2.75, 3.05) is 37.7 Å². The summed E-state index contributed by atoms with van der Waals surface area (Å²) in [7, 11) is 0. The van der Waals surface area contributed by atoms with Gasteiger partial charge in [-0.3, -0.25) is 24.4 Å². The fourth-order valence-corrected chi connectivity index (χ4v) is 4.08. The number of aromatic nitrogens is 1. The summed E-state index contributed by atoms with van der Waals surface area (Å²) >= 11 is 0. The normalized spacial score (nSPS) is 21.2. The third-order valence-electron chi connectivity index (χ3n) is 5.57. The number of carbonyl (C=O) groups excluding carboxylic acids is 2. The molecule has 0 spiro atoms. The molecule has 2 aliphatic heterocycles. The van der Waals surface area contributed by atoms with Crippen LogP contribution in [0.15, 0.2) is 54.9 Å². The summed E-state index contributed by atoms with van der Waals surface area (Å²) in [4.78, 5) is 33.6. The Balaban J connectivity index is 1.46. The van der Waals surface area contributed by atoms with Crippen LogP contribution in [0, 0.1) is 0 Å². The molecule has 0 aliphatic carbocycles. The summed E-state index contributed by atoms with van der Waals surface area (Å²) in [6.45, 7) is 3.46. The number of hydrogen-bond donors (Lipinski definition) is 1. The van der Waals surface area contributed by atoms with E-state index in [0.29, 0.717) is 32.6 Å². The number of morpholine rings is 1. The predicted molar refractivity (Wildman–Crippen MR) is 109 cm³/mol. The number of ether oxygens (including phenoxy) is 1. The molecule has 1 aromatic carbocycles.